The smallest absolute Gasteiger partial charge is 0.128 e. The van der Waals surface area contributed by atoms with Crippen molar-refractivity contribution in [3.8, 4) is 17.2 Å². The van der Waals surface area contributed by atoms with E-state index in [4.69, 9.17) is 21.1 Å². The second-order valence-electron chi connectivity index (χ2n) is 11.4. The average molecular weight is 565 g/mol. The van der Waals surface area contributed by atoms with Crippen LogP contribution in [0.1, 0.15) is 43.2 Å². The molecule has 0 bridgehead atoms. The molecule has 0 saturated carbocycles. The summed E-state index contributed by atoms with van der Waals surface area (Å²) in [6, 6.07) is 32.9. The first-order chi connectivity index (χ1) is 19.8. The molecule has 0 fully saturated rings. The van der Waals surface area contributed by atoms with Gasteiger partial charge in [-0.15, -0.1) is 0 Å². The van der Waals surface area contributed by atoms with E-state index in [0.717, 1.165) is 58.1 Å². The number of nitrogens with zero attached hydrogens (tertiary/aromatic N) is 1. The van der Waals surface area contributed by atoms with Gasteiger partial charge < -0.3 is 14.8 Å². The summed E-state index contributed by atoms with van der Waals surface area (Å²) in [7, 11) is 0. The summed E-state index contributed by atoms with van der Waals surface area (Å²) in [4.78, 5) is 4.64. The van der Waals surface area contributed by atoms with Gasteiger partial charge in [-0.05, 0) is 101 Å². The minimum Gasteiger partial charge on any atom is -0.493 e. The van der Waals surface area contributed by atoms with E-state index >= 15 is 0 Å². The van der Waals surface area contributed by atoms with Crippen LogP contribution >= 0.6 is 11.6 Å². The summed E-state index contributed by atoms with van der Waals surface area (Å²) in [5.74, 6) is 2.55. The number of nitrogens with one attached hydrogen (secondary N) is 1. The molecule has 1 heterocycles. The zero-order chi connectivity index (χ0) is 28.7. The van der Waals surface area contributed by atoms with Crippen LogP contribution in [0.15, 0.2) is 103 Å². The molecular weight excluding hydrogens is 528 g/mol. The largest absolute Gasteiger partial charge is 0.493 e. The van der Waals surface area contributed by atoms with Gasteiger partial charge in [-0.3, -0.25) is 4.98 Å². The number of hydrogen-bond donors (Lipinski definition) is 1. The van der Waals surface area contributed by atoms with Crippen LogP contribution < -0.4 is 14.8 Å². The van der Waals surface area contributed by atoms with Crippen molar-refractivity contribution in [2.24, 2.45) is 0 Å². The number of hydrogen-bond acceptors (Lipinski definition) is 4. The van der Waals surface area contributed by atoms with Crippen molar-refractivity contribution in [2.45, 2.75) is 45.6 Å². The van der Waals surface area contributed by atoms with Crippen molar-refractivity contribution < 1.29 is 9.47 Å². The minimum atomic E-state index is 0.123. The van der Waals surface area contributed by atoms with Gasteiger partial charge >= 0.3 is 0 Å². The molecule has 1 N–H and O–H groups in total. The minimum absolute atomic E-state index is 0.123. The Kier molecular flexibility index (Phi) is 9.23. The van der Waals surface area contributed by atoms with Crippen LogP contribution in [-0.2, 0) is 24.8 Å². The third-order valence-electron chi connectivity index (χ3n) is 7.10. The maximum Gasteiger partial charge on any atom is 0.128 e. The lowest BCUT2D eigenvalue weighted by Crippen LogP contribution is -2.17. The van der Waals surface area contributed by atoms with Crippen molar-refractivity contribution in [1.82, 2.24) is 10.3 Å². The normalized spacial score (nSPS) is 11.5. The van der Waals surface area contributed by atoms with Crippen LogP contribution in [0.3, 0.4) is 0 Å². The summed E-state index contributed by atoms with van der Waals surface area (Å²) >= 11 is 5.95. The van der Waals surface area contributed by atoms with Crippen molar-refractivity contribution in [1.29, 1.82) is 0 Å². The zero-order valence-electron chi connectivity index (χ0n) is 24.0. The van der Waals surface area contributed by atoms with E-state index in [1.807, 2.05) is 60.8 Å². The maximum absolute atomic E-state index is 6.15. The third kappa shape index (κ3) is 8.32. The van der Waals surface area contributed by atoms with Crippen LogP contribution in [0.4, 0.5) is 0 Å². The van der Waals surface area contributed by atoms with Gasteiger partial charge in [0.25, 0.3) is 0 Å². The van der Waals surface area contributed by atoms with Gasteiger partial charge in [0.2, 0.25) is 0 Å². The number of ether oxygens (including phenoxy) is 2. The van der Waals surface area contributed by atoms with E-state index < -0.39 is 0 Å². The van der Waals surface area contributed by atoms with Gasteiger partial charge in [-0.25, -0.2) is 0 Å². The lowest BCUT2D eigenvalue weighted by atomic mass is 9.87. The third-order valence-corrected chi connectivity index (χ3v) is 7.35. The van der Waals surface area contributed by atoms with E-state index in [9.17, 15) is 0 Å². The Morgan fingerprint density at radius 2 is 1.37 bits per heavy atom. The van der Waals surface area contributed by atoms with Gasteiger partial charge in [-0.2, -0.15) is 0 Å². The topological polar surface area (TPSA) is 43.4 Å². The molecule has 0 atom stereocenters. The predicted octanol–water partition coefficient (Wildman–Crippen LogP) is 8.93. The van der Waals surface area contributed by atoms with Gasteiger partial charge in [0.15, 0.2) is 0 Å². The number of fused-ring (bicyclic) bond motifs is 1. The number of pyridine rings is 1. The van der Waals surface area contributed by atoms with Crippen molar-refractivity contribution >= 4 is 22.4 Å². The summed E-state index contributed by atoms with van der Waals surface area (Å²) in [6.45, 7) is 8.86. The molecule has 41 heavy (non-hydrogen) atoms. The van der Waals surface area contributed by atoms with Crippen LogP contribution in [0, 0.1) is 0 Å². The Labute approximate surface area is 248 Å². The molecule has 4 aromatic carbocycles. The number of benzene rings is 4. The fraction of sp³-hybridized carbons (Fsp3) is 0.250. The van der Waals surface area contributed by atoms with E-state index in [-0.39, 0.29) is 5.41 Å². The molecule has 0 unspecified atom stereocenters. The summed E-state index contributed by atoms with van der Waals surface area (Å²) in [5, 5.41) is 6.49. The molecule has 0 aliphatic carbocycles. The van der Waals surface area contributed by atoms with Gasteiger partial charge in [0.05, 0.1) is 12.3 Å². The predicted molar refractivity (Wildman–Crippen MR) is 169 cm³/mol. The highest BCUT2D eigenvalue weighted by atomic mass is 35.5. The molecule has 0 spiro atoms. The Bertz CT molecular complexity index is 1560. The molecule has 4 nitrogen and oxygen atoms in total. The maximum atomic E-state index is 6.15. The summed E-state index contributed by atoms with van der Waals surface area (Å²) in [5.41, 5.74) is 4.91. The highest BCUT2D eigenvalue weighted by Gasteiger charge is 2.13. The lowest BCUT2D eigenvalue weighted by molar-refractivity contribution is 0.322. The first-order valence-electron chi connectivity index (χ1n) is 14.2. The second-order valence-corrected chi connectivity index (χ2v) is 11.8. The summed E-state index contributed by atoms with van der Waals surface area (Å²) < 4.78 is 12.1. The molecular formula is C36H37ClN2O2. The van der Waals surface area contributed by atoms with E-state index in [2.05, 4.69) is 73.5 Å². The van der Waals surface area contributed by atoms with Crippen molar-refractivity contribution in [3.63, 3.8) is 0 Å². The molecule has 5 aromatic rings. The SMILES string of the molecule is CC(C)(C)c1ccc(Oc2ccc3cnc(CNCCc4ccc(OCCc5ccc(Cl)cc5)cc4)cc3c2)cc1. The fourth-order valence-corrected chi connectivity index (χ4v) is 4.75. The van der Waals surface area contributed by atoms with Crippen LogP contribution in [0.25, 0.3) is 10.8 Å². The first-order valence-corrected chi connectivity index (χ1v) is 14.5. The Balaban J connectivity index is 1.08. The Morgan fingerprint density at radius 3 is 2.10 bits per heavy atom. The van der Waals surface area contributed by atoms with E-state index in [0.29, 0.717) is 13.2 Å². The summed E-state index contributed by atoms with van der Waals surface area (Å²) in [6.07, 6.45) is 3.72. The van der Waals surface area contributed by atoms with Crippen LogP contribution in [-0.4, -0.2) is 18.1 Å². The molecule has 5 heteroatoms. The quantitative estimate of drug-likeness (QED) is 0.163. The molecule has 0 aliphatic heterocycles. The highest BCUT2D eigenvalue weighted by molar-refractivity contribution is 6.30. The molecule has 210 valence electrons. The standard InChI is InChI=1S/C36H37ClN2O2/c1-36(2,3)30-9-16-34(17-10-30)41-35-15-8-28-24-39-32(22-29(28)23-35)25-38-20-18-26-6-13-33(14-7-26)40-21-19-27-4-11-31(37)12-5-27/h4-17,22-24,38H,18-21,25H2,1-3H3. The van der Waals surface area contributed by atoms with Crippen LogP contribution in [0.2, 0.25) is 5.02 Å². The van der Waals surface area contributed by atoms with Gasteiger partial charge in [0.1, 0.15) is 17.2 Å². The Morgan fingerprint density at radius 1 is 0.707 bits per heavy atom. The number of aromatic nitrogens is 1. The van der Waals surface area contributed by atoms with Gasteiger partial charge in [-0.1, -0.05) is 68.8 Å². The molecule has 0 aliphatic rings. The molecule has 0 radical (unpaired) electrons. The van der Waals surface area contributed by atoms with Crippen molar-refractivity contribution in [2.75, 3.05) is 13.2 Å². The zero-order valence-corrected chi connectivity index (χ0v) is 24.7. The Hall–Kier alpha value is -3.86. The first kappa shape index (κ1) is 28.7. The average Bonchev–Trinajstić information content (AvgIpc) is 2.97. The molecule has 0 saturated heterocycles. The second kappa shape index (κ2) is 13.2. The molecule has 1 aromatic heterocycles. The number of rotatable bonds is 11. The highest BCUT2D eigenvalue weighted by Crippen LogP contribution is 2.29. The monoisotopic (exact) mass is 564 g/mol. The lowest BCUT2D eigenvalue weighted by Gasteiger charge is -2.19. The van der Waals surface area contributed by atoms with Gasteiger partial charge in [0, 0.05) is 29.6 Å². The molecule has 0 amide bonds. The van der Waals surface area contributed by atoms with Crippen LogP contribution in [0.5, 0.6) is 17.2 Å². The fourth-order valence-electron chi connectivity index (χ4n) is 4.62. The van der Waals surface area contributed by atoms with Crippen molar-refractivity contribution in [3.05, 3.63) is 131 Å². The molecule has 5 rings (SSSR count). The van der Waals surface area contributed by atoms with E-state index in [1.165, 1.54) is 16.7 Å². The van der Waals surface area contributed by atoms with E-state index in [1.54, 1.807) is 0 Å². The number of halogens is 1.